The van der Waals surface area contributed by atoms with Crippen molar-refractivity contribution in [1.82, 2.24) is 4.90 Å². The highest BCUT2D eigenvalue weighted by molar-refractivity contribution is 7.91. The number of sulfone groups is 1. The van der Waals surface area contributed by atoms with E-state index in [2.05, 4.69) is 4.90 Å². The molecule has 2 rings (SSSR count). The third-order valence-corrected chi connectivity index (χ3v) is 5.33. The molecule has 15 heavy (non-hydrogen) atoms. The average Bonchev–Trinajstić information content (AvgIpc) is 2.20. The van der Waals surface area contributed by atoms with Crippen LogP contribution in [0, 0.1) is 0 Å². The van der Waals surface area contributed by atoms with Crippen molar-refractivity contribution < 1.29 is 8.42 Å². The predicted molar refractivity (Wildman–Crippen MR) is 60.5 cm³/mol. The first-order valence-electron chi connectivity index (χ1n) is 5.77. The number of nitrogens with two attached hydrogens (primary N) is 1. The Labute approximate surface area is 91.7 Å². The van der Waals surface area contributed by atoms with Gasteiger partial charge in [0.05, 0.1) is 11.5 Å². The molecule has 2 N–H and O–H groups in total. The molecule has 2 aliphatic rings. The second kappa shape index (κ2) is 4.39. The Morgan fingerprint density at radius 1 is 1.00 bits per heavy atom. The summed E-state index contributed by atoms with van der Waals surface area (Å²) in [5, 5.41) is 0. The zero-order valence-corrected chi connectivity index (χ0v) is 9.88. The molecule has 0 aromatic heterocycles. The normalized spacial score (nSPS) is 30.5. The summed E-state index contributed by atoms with van der Waals surface area (Å²) in [5.41, 5.74) is 5.85. The quantitative estimate of drug-likeness (QED) is 0.690. The van der Waals surface area contributed by atoms with Gasteiger partial charge in [-0.3, -0.25) is 0 Å². The van der Waals surface area contributed by atoms with Gasteiger partial charge in [0.15, 0.2) is 0 Å². The molecule has 0 aromatic carbocycles. The van der Waals surface area contributed by atoms with Crippen LogP contribution in [0.2, 0.25) is 0 Å². The largest absolute Gasteiger partial charge is 0.328 e. The fourth-order valence-electron chi connectivity index (χ4n) is 2.53. The molecule has 0 unspecified atom stereocenters. The van der Waals surface area contributed by atoms with Crippen molar-refractivity contribution in [3.05, 3.63) is 0 Å². The van der Waals surface area contributed by atoms with Gasteiger partial charge in [-0.15, -0.1) is 0 Å². The van der Waals surface area contributed by atoms with E-state index in [1.54, 1.807) is 0 Å². The van der Waals surface area contributed by atoms with Crippen molar-refractivity contribution >= 4 is 9.84 Å². The number of hydrogen-bond acceptors (Lipinski definition) is 4. The summed E-state index contributed by atoms with van der Waals surface area (Å²) in [6.07, 6.45) is 3.75. The fourth-order valence-corrected chi connectivity index (χ4v) is 3.99. The van der Waals surface area contributed by atoms with Crippen LogP contribution in [0.1, 0.15) is 25.7 Å². The Hall–Kier alpha value is -0.130. The second-order valence-corrected chi connectivity index (χ2v) is 7.06. The summed E-state index contributed by atoms with van der Waals surface area (Å²) >= 11 is 0. The Morgan fingerprint density at radius 3 is 2.07 bits per heavy atom. The highest BCUT2D eigenvalue weighted by Crippen LogP contribution is 2.21. The molecule has 0 saturated carbocycles. The van der Waals surface area contributed by atoms with Crippen LogP contribution in [0.5, 0.6) is 0 Å². The van der Waals surface area contributed by atoms with E-state index in [1.807, 2.05) is 0 Å². The molecule has 0 amide bonds. The Balaban J connectivity index is 1.86. The van der Waals surface area contributed by atoms with Gasteiger partial charge in [0.25, 0.3) is 0 Å². The molecule has 88 valence electrons. The molecule has 2 aliphatic heterocycles. The van der Waals surface area contributed by atoms with E-state index in [4.69, 9.17) is 5.73 Å². The zero-order chi connectivity index (χ0) is 10.9. The van der Waals surface area contributed by atoms with Gasteiger partial charge < -0.3 is 10.6 Å². The van der Waals surface area contributed by atoms with Gasteiger partial charge in [-0.25, -0.2) is 8.42 Å². The maximum atomic E-state index is 11.3. The molecule has 4 nitrogen and oxygen atoms in total. The fraction of sp³-hybridized carbons (Fsp3) is 1.00. The Kier molecular flexibility index (Phi) is 3.33. The van der Waals surface area contributed by atoms with Gasteiger partial charge in [-0.05, 0) is 38.8 Å². The van der Waals surface area contributed by atoms with Crippen LogP contribution < -0.4 is 5.73 Å². The second-order valence-electron chi connectivity index (χ2n) is 4.76. The lowest BCUT2D eigenvalue weighted by Gasteiger charge is -2.38. The molecule has 0 atom stereocenters. The summed E-state index contributed by atoms with van der Waals surface area (Å²) in [7, 11) is -2.72. The van der Waals surface area contributed by atoms with Gasteiger partial charge in [-0.2, -0.15) is 0 Å². The molecule has 0 aliphatic carbocycles. The van der Waals surface area contributed by atoms with E-state index in [-0.39, 0.29) is 0 Å². The van der Waals surface area contributed by atoms with E-state index in [9.17, 15) is 8.42 Å². The average molecular weight is 232 g/mol. The van der Waals surface area contributed by atoms with Crippen LogP contribution in [-0.2, 0) is 9.84 Å². The molecule has 5 heteroatoms. The molecule has 2 saturated heterocycles. The lowest BCUT2D eigenvalue weighted by atomic mass is 10.0. The first-order chi connectivity index (χ1) is 7.07. The standard InChI is InChI=1S/C10H20N2O2S/c11-9-1-5-12(6-2-9)10-3-7-15(13,14)8-4-10/h9-10H,1-8,11H2. The van der Waals surface area contributed by atoms with Crippen LogP contribution in [0.3, 0.4) is 0 Å². The van der Waals surface area contributed by atoms with E-state index in [0.29, 0.717) is 23.6 Å². The minimum absolute atomic E-state index is 0.355. The van der Waals surface area contributed by atoms with Gasteiger partial charge in [0.2, 0.25) is 0 Å². The van der Waals surface area contributed by atoms with E-state index >= 15 is 0 Å². The van der Waals surface area contributed by atoms with Gasteiger partial charge in [-0.1, -0.05) is 0 Å². The SMILES string of the molecule is NC1CCN(C2CCS(=O)(=O)CC2)CC1. The minimum atomic E-state index is -2.72. The van der Waals surface area contributed by atoms with Gasteiger partial charge in [0, 0.05) is 12.1 Å². The summed E-state index contributed by atoms with van der Waals surface area (Å²) in [4.78, 5) is 2.43. The highest BCUT2D eigenvalue weighted by Gasteiger charge is 2.29. The Bertz CT molecular complexity index is 293. The molecule has 0 radical (unpaired) electrons. The first kappa shape index (κ1) is 11.4. The maximum absolute atomic E-state index is 11.3. The Morgan fingerprint density at radius 2 is 1.53 bits per heavy atom. The van der Waals surface area contributed by atoms with Crippen molar-refractivity contribution in [3.8, 4) is 0 Å². The molecular formula is C10H20N2O2S. The lowest BCUT2D eigenvalue weighted by Crippen LogP contribution is -2.47. The van der Waals surface area contributed by atoms with E-state index < -0.39 is 9.84 Å². The van der Waals surface area contributed by atoms with Crippen molar-refractivity contribution in [1.29, 1.82) is 0 Å². The topological polar surface area (TPSA) is 63.4 Å². The third kappa shape index (κ3) is 2.92. The smallest absolute Gasteiger partial charge is 0.150 e. The molecule has 2 fully saturated rings. The summed E-state index contributed by atoms with van der Waals surface area (Å²) < 4.78 is 22.6. The first-order valence-corrected chi connectivity index (χ1v) is 7.59. The molecule has 0 bridgehead atoms. The summed E-state index contributed by atoms with van der Waals surface area (Å²) in [6.45, 7) is 2.10. The van der Waals surface area contributed by atoms with Crippen molar-refractivity contribution in [2.45, 2.75) is 37.8 Å². The number of hydrogen-bond donors (Lipinski definition) is 1. The van der Waals surface area contributed by atoms with Crippen LogP contribution in [0.15, 0.2) is 0 Å². The van der Waals surface area contributed by atoms with E-state index in [0.717, 1.165) is 38.8 Å². The molecule has 2 heterocycles. The van der Waals surface area contributed by atoms with E-state index in [1.165, 1.54) is 0 Å². The maximum Gasteiger partial charge on any atom is 0.150 e. The van der Waals surface area contributed by atoms with Crippen LogP contribution in [0.25, 0.3) is 0 Å². The van der Waals surface area contributed by atoms with Crippen molar-refractivity contribution in [2.75, 3.05) is 24.6 Å². The van der Waals surface area contributed by atoms with Crippen LogP contribution >= 0.6 is 0 Å². The minimum Gasteiger partial charge on any atom is -0.328 e. The molecule has 0 aromatic rings. The number of likely N-dealkylation sites (tertiary alicyclic amines) is 1. The summed E-state index contributed by atoms with van der Waals surface area (Å²) in [5.74, 6) is 0.750. The molecular weight excluding hydrogens is 212 g/mol. The van der Waals surface area contributed by atoms with Crippen molar-refractivity contribution in [2.24, 2.45) is 5.73 Å². The van der Waals surface area contributed by atoms with Gasteiger partial charge in [0.1, 0.15) is 9.84 Å². The lowest BCUT2D eigenvalue weighted by molar-refractivity contribution is 0.143. The molecule has 0 spiro atoms. The predicted octanol–water partition coefficient (Wildman–Crippen LogP) is -0.0133. The van der Waals surface area contributed by atoms with Crippen LogP contribution in [-0.4, -0.2) is 50.0 Å². The van der Waals surface area contributed by atoms with Gasteiger partial charge >= 0.3 is 0 Å². The number of rotatable bonds is 1. The van der Waals surface area contributed by atoms with Crippen molar-refractivity contribution in [3.63, 3.8) is 0 Å². The monoisotopic (exact) mass is 232 g/mol. The number of piperidine rings is 1. The number of nitrogens with zero attached hydrogens (tertiary/aromatic N) is 1. The zero-order valence-electron chi connectivity index (χ0n) is 9.06. The third-order valence-electron chi connectivity index (χ3n) is 3.61. The summed E-state index contributed by atoms with van der Waals surface area (Å²) in [6, 6.07) is 0.842. The highest BCUT2D eigenvalue weighted by atomic mass is 32.2. The van der Waals surface area contributed by atoms with Crippen LogP contribution in [0.4, 0.5) is 0 Å².